The number of carbonyl (C=O) groups is 2. The van der Waals surface area contributed by atoms with E-state index in [1.165, 1.54) is 34.9 Å². The van der Waals surface area contributed by atoms with Crippen molar-refractivity contribution in [1.82, 2.24) is 10.2 Å². The van der Waals surface area contributed by atoms with Crippen LogP contribution in [0.15, 0.2) is 48.5 Å². The molecular formula is C21H21F3N2O4S. The molecule has 1 N–H and O–H groups in total. The molecule has 0 radical (unpaired) electrons. The molecule has 0 spiro atoms. The number of ether oxygens (including phenoxy) is 2. The molecule has 1 aliphatic rings. The van der Waals surface area contributed by atoms with Crippen molar-refractivity contribution in [1.29, 1.82) is 0 Å². The molecule has 1 aliphatic heterocycles. The van der Waals surface area contributed by atoms with E-state index < -0.39 is 17.0 Å². The Morgan fingerprint density at radius 3 is 2.58 bits per heavy atom. The topological polar surface area (TPSA) is 67.9 Å². The second kappa shape index (κ2) is 9.51. The van der Waals surface area contributed by atoms with E-state index in [0.717, 1.165) is 5.56 Å². The van der Waals surface area contributed by atoms with Crippen LogP contribution in [-0.2, 0) is 16.1 Å². The van der Waals surface area contributed by atoms with Gasteiger partial charge in [0.05, 0.1) is 12.4 Å². The van der Waals surface area contributed by atoms with E-state index in [0.29, 0.717) is 11.3 Å². The molecule has 3 rings (SSSR count). The summed E-state index contributed by atoms with van der Waals surface area (Å²) in [6, 6.07) is 12.8. The molecule has 1 saturated heterocycles. The maximum Gasteiger partial charge on any atom is 0.573 e. The van der Waals surface area contributed by atoms with E-state index in [2.05, 4.69) is 10.1 Å². The van der Waals surface area contributed by atoms with Crippen LogP contribution >= 0.6 is 11.8 Å². The Morgan fingerprint density at radius 1 is 1.16 bits per heavy atom. The van der Waals surface area contributed by atoms with Crippen LogP contribution in [0.3, 0.4) is 0 Å². The summed E-state index contributed by atoms with van der Waals surface area (Å²) in [5.41, 5.74) is 1.34. The molecule has 2 unspecified atom stereocenters. The zero-order chi connectivity index (χ0) is 22.6. The molecule has 2 amide bonds. The second-order valence-corrected chi connectivity index (χ2v) is 8.17. The standard InChI is InChI=1S/C21H21F3N2O4S/c1-26-19(28)17(11-18(27)25-12-13-5-3-7-15(9-13)29-2)31-20(26)14-6-4-8-16(10-14)30-21(22,23)24/h3-10,17,20H,11-12H2,1-2H3,(H,25,27). The molecule has 2 aromatic carbocycles. The zero-order valence-corrected chi connectivity index (χ0v) is 17.6. The van der Waals surface area contributed by atoms with Crippen LogP contribution in [-0.4, -0.2) is 42.5 Å². The Balaban J connectivity index is 1.61. The molecular weight excluding hydrogens is 433 g/mol. The lowest BCUT2D eigenvalue weighted by molar-refractivity contribution is -0.274. The first kappa shape index (κ1) is 22.8. The number of carbonyl (C=O) groups excluding carboxylic acids is 2. The van der Waals surface area contributed by atoms with Gasteiger partial charge in [-0.3, -0.25) is 9.59 Å². The van der Waals surface area contributed by atoms with Gasteiger partial charge in [0.25, 0.3) is 0 Å². The number of nitrogens with one attached hydrogen (secondary N) is 1. The van der Waals surface area contributed by atoms with E-state index >= 15 is 0 Å². The number of benzene rings is 2. The van der Waals surface area contributed by atoms with Gasteiger partial charge in [0, 0.05) is 20.0 Å². The van der Waals surface area contributed by atoms with Crippen LogP contribution in [0, 0.1) is 0 Å². The monoisotopic (exact) mass is 454 g/mol. The molecule has 1 fully saturated rings. The van der Waals surface area contributed by atoms with E-state index in [9.17, 15) is 22.8 Å². The lowest BCUT2D eigenvalue weighted by Crippen LogP contribution is -2.31. The molecule has 0 bridgehead atoms. The molecule has 2 aromatic rings. The molecule has 31 heavy (non-hydrogen) atoms. The van der Waals surface area contributed by atoms with Crippen LogP contribution in [0.4, 0.5) is 13.2 Å². The summed E-state index contributed by atoms with van der Waals surface area (Å²) in [4.78, 5) is 26.4. The van der Waals surface area contributed by atoms with Crippen molar-refractivity contribution in [2.24, 2.45) is 0 Å². The summed E-state index contributed by atoms with van der Waals surface area (Å²) < 4.78 is 46.6. The Hall–Kier alpha value is -2.88. The summed E-state index contributed by atoms with van der Waals surface area (Å²) in [7, 11) is 3.11. The van der Waals surface area contributed by atoms with Crippen molar-refractivity contribution in [3.63, 3.8) is 0 Å². The van der Waals surface area contributed by atoms with Crippen LogP contribution in [0.2, 0.25) is 0 Å². The van der Waals surface area contributed by atoms with Crippen LogP contribution < -0.4 is 14.8 Å². The number of nitrogens with zero attached hydrogens (tertiary/aromatic N) is 1. The number of halogens is 3. The van der Waals surface area contributed by atoms with Gasteiger partial charge in [-0.2, -0.15) is 0 Å². The fourth-order valence-electron chi connectivity index (χ4n) is 3.17. The van der Waals surface area contributed by atoms with Crippen molar-refractivity contribution >= 4 is 23.6 Å². The molecule has 0 aliphatic carbocycles. The summed E-state index contributed by atoms with van der Waals surface area (Å²) in [5, 5.41) is 1.63. The highest BCUT2D eigenvalue weighted by Gasteiger charge is 2.40. The lowest BCUT2D eigenvalue weighted by atomic mass is 10.2. The van der Waals surface area contributed by atoms with Crippen LogP contribution in [0.1, 0.15) is 22.9 Å². The largest absolute Gasteiger partial charge is 0.573 e. The highest BCUT2D eigenvalue weighted by atomic mass is 32.2. The third-order valence-corrected chi connectivity index (χ3v) is 6.18. The van der Waals surface area contributed by atoms with Gasteiger partial charge in [-0.05, 0) is 35.4 Å². The van der Waals surface area contributed by atoms with Crippen molar-refractivity contribution < 1.29 is 32.2 Å². The Labute approximate surface area is 181 Å². The summed E-state index contributed by atoms with van der Waals surface area (Å²) in [5.74, 6) is -0.231. The summed E-state index contributed by atoms with van der Waals surface area (Å²) in [6.45, 7) is 0.289. The summed E-state index contributed by atoms with van der Waals surface area (Å²) >= 11 is 1.22. The molecule has 166 valence electrons. The minimum atomic E-state index is -4.80. The number of thioether (sulfide) groups is 1. The minimum Gasteiger partial charge on any atom is -0.497 e. The van der Waals surface area contributed by atoms with Gasteiger partial charge in [-0.1, -0.05) is 24.3 Å². The van der Waals surface area contributed by atoms with Gasteiger partial charge < -0.3 is 19.7 Å². The molecule has 1 heterocycles. The molecule has 0 saturated carbocycles. The molecule has 10 heteroatoms. The predicted octanol–water partition coefficient (Wildman–Crippen LogP) is 3.87. The van der Waals surface area contributed by atoms with Gasteiger partial charge in [-0.25, -0.2) is 0 Å². The number of rotatable bonds is 7. The van der Waals surface area contributed by atoms with Gasteiger partial charge in [-0.15, -0.1) is 24.9 Å². The Kier molecular flexibility index (Phi) is 6.99. The van der Waals surface area contributed by atoms with E-state index in [1.54, 1.807) is 32.4 Å². The van der Waals surface area contributed by atoms with Crippen LogP contribution in [0.5, 0.6) is 11.5 Å². The number of hydrogen-bond acceptors (Lipinski definition) is 5. The quantitative estimate of drug-likeness (QED) is 0.688. The predicted molar refractivity (Wildman–Crippen MR) is 109 cm³/mol. The first-order valence-electron chi connectivity index (χ1n) is 9.34. The normalized spacial score (nSPS) is 18.7. The first-order valence-corrected chi connectivity index (χ1v) is 10.3. The van der Waals surface area contributed by atoms with Gasteiger partial charge in [0.2, 0.25) is 11.8 Å². The number of hydrogen-bond donors (Lipinski definition) is 1. The van der Waals surface area contributed by atoms with Gasteiger partial charge >= 0.3 is 6.36 Å². The minimum absolute atomic E-state index is 0.0347. The van der Waals surface area contributed by atoms with Crippen LogP contribution in [0.25, 0.3) is 0 Å². The fourth-order valence-corrected chi connectivity index (χ4v) is 4.61. The average Bonchev–Trinajstić information content (AvgIpc) is 3.00. The van der Waals surface area contributed by atoms with Crippen molar-refractivity contribution in [3.05, 3.63) is 59.7 Å². The summed E-state index contributed by atoms with van der Waals surface area (Å²) in [6.07, 6.45) is -4.83. The fraction of sp³-hybridized carbons (Fsp3) is 0.333. The maximum atomic E-state index is 12.6. The van der Waals surface area contributed by atoms with E-state index in [-0.39, 0.29) is 30.5 Å². The van der Waals surface area contributed by atoms with Gasteiger partial charge in [0.15, 0.2) is 0 Å². The number of alkyl halides is 3. The van der Waals surface area contributed by atoms with E-state index in [1.807, 2.05) is 12.1 Å². The zero-order valence-electron chi connectivity index (χ0n) is 16.8. The smallest absolute Gasteiger partial charge is 0.497 e. The highest BCUT2D eigenvalue weighted by Crippen LogP contribution is 2.44. The van der Waals surface area contributed by atoms with Crippen molar-refractivity contribution in [3.8, 4) is 11.5 Å². The van der Waals surface area contributed by atoms with Crippen molar-refractivity contribution in [2.75, 3.05) is 14.2 Å². The third kappa shape index (κ3) is 6.06. The van der Waals surface area contributed by atoms with Gasteiger partial charge in [0.1, 0.15) is 16.9 Å². The Morgan fingerprint density at radius 2 is 1.87 bits per heavy atom. The lowest BCUT2D eigenvalue weighted by Gasteiger charge is -2.19. The average molecular weight is 454 g/mol. The SMILES string of the molecule is COc1cccc(CNC(=O)CC2SC(c3cccc(OC(F)(F)F)c3)N(C)C2=O)c1. The number of methoxy groups -OCH3 is 1. The molecule has 2 atom stereocenters. The number of amides is 2. The maximum absolute atomic E-state index is 12.6. The van der Waals surface area contributed by atoms with E-state index in [4.69, 9.17) is 4.74 Å². The third-order valence-electron chi connectivity index (χ3n) is 4.64. The second-order valence-electron chi connectivity index (χ2n) is 6.88. The molecule has 0 aromatic heterocycles. The Bertz CT molecular complexity index is 954. The first-order chi connectivity index (χ1) is 14.7. The molecule has 6 nitrogen and oxygen atoms in total. The van der Waals surface area contributed by atoms with Crippen molar-refractivity contribution in [2.45, 2.75) is 30.0 Å². The highest BCUT2D eigenvalue weighted by molar-refractivity contribution is 8.01.